The molecule has 0 aromatic heterocycles. The van der Waals surface area contributed by atoms with Gasteiger partial charge in [0.1, 0.15) is 0 Å². The van der Waals surface area contributed by atoms with Crippen LogP contribution in [0.4, 0.5) is 0 Å². The van der Waals surface area contributed by atoms with Crippen LogP contribution in [0.3, 0.4) is 0 Å². The van der Waals surface area contributed by atoms with E-state index in [-0.39, 0.29) is 29.9 Å². The second-order valence-electron chi connectivity index (χ2n) is 6.91. The van der Waals surface area contributed by atoms with Gasteiger partial charge >= 0.3 is 0 Å². The molecule has 5 nitrogen and oxygen atoms in total. The highest BCUT2D eigenvalue weighted by molar-refractivity contribution is 7.89. The minimum absolute atomic E-state index is 0.0823. The van der Waals surface area contributed by atoms with Crippen molar-refractivity contribution in [3.8, 4) is 0 Å². The molecule has 3 rings (SSSR count). The van der Waals surface area contributed by atoms with E-state index in [0.29, 0.717) is 5.02 Å². The first-order chi connectivity index (χ1) is 14.4. The van der Waals surface area contributed by atoms with Crippen molar-refractivity contribution in [1.82, 2.24) is 9.62 Å². The first kappa shape index (κ1) is 22.0. The molecule has 0 aliphatic rings. The zero-order chi connectivity index (χ0) is 21.6. The van der Waals surface area contributed by atoms with Gasteiger partial charge < -0.3 is 5.32 Å². The van der Waals surface area contributed by atoms with Crippen molar-refractivity contribution in [3.05, 3.63) is 101 Å². The van der Waals surface area contributed by atoms with Crippen LogP contribution in [0.15, 0.2) is 89.8 Å². The van der Waals surface area contributed by atoms with Gasteiger partial charge in [-0.15, -0.1) is 0 Å². The third-order valence-corrected chi connectivity index (χ3v) is 6.71. The fourth-order valence-corrected chi connectivity index (χ4v) is 4.55. The summed E-state index contributed by atoms with van der Waals surface area (Å²) in [5.74, 6) is -0.375. The van der Waals surface area contributed by atoms with Crippen molar-refractivity contribution in [2.45, 2.75) is 24.4 Å². The zero-order valence-corrected chi connectivity index (χ0v) is 18.1. The fourth-order valence-electron chi connectivity index (χ4n) is 3.04. The highest BCUT2D eigenvalue weighted by Crippen LogP contribution is 2.21. The molecule has 1 unspecified atom stereocenters. The number of amides is 1. The lowest BCUT2D eigenvalue weighted by Gasteiger charge is -2.23. The minimum Gasteiger partial charge on any atom is -0.348 e. The van der Waals surface area contributed by atoms with Crippen molar-refractivity contribution in [1.29, 1.82) is 0 Å². The number of benzene rings is 3. The van der Waals surface area contributed by atoms with Gasteiger partial charge in [-0.05, 0) is 42.3 Å². The number of sulfonamides is 1. The van der Waals surface area contributed by atoms with Gasteiger partial charge in [-0.2, -0.15) is 4.31 Å². The van der Waals surface area contributed by atoms with Crippen LogP contribution in [0.1, 0.15) is 24.1 Å². The zero-order valence-electron chi connectivity index (χ0n) is 16.5. The topological polar surface area (TPSA) is 66.5 Å². The van der Waals surface area contributed by atoms with Gasteiger partial charge in [0, 0.05) is 11.6 Å². The maximum atomic E-state index is 13.2. The number of nitrogens with zero attached hydrogens (tertiary/aromatic N) is 1. The molecule has 30 heavy (non-hydrogen) atoms. The van der Waals surface area contributed by atoms with E-state index in [1.165, 1.54) is 28.6 Å². The summed E-state index contributed by atoms with van der Waals surface area (Å²) in [7, 11) is -3.90. The largest absolute Gasteiger partial charge is 0.348 e. The van der Waals surface area contributed by atoms with Crippen LogP contribution < -0.4 is 5.32 Å². The molecule has 0 saturated heterocycles. The number of carbonyl (C=O) groups excluding carboxylic acids is 1. The van der Waals surface area contributed by atoms with Crippen molar-refractivity contribution in [2.75, 3.05) is 6.54 Å². The summed E-state index contributed by atoms with van der Waals surface area (Å²) in [5, 5.41) is 3.32. The third-order valence-electron chi connectivity index (χ3n) is 4.65. The fraction of sp³-hybridized carbons (Fsp3) is 0.174. The van der Waals surface area contributed by atoms with Crippen LogP contribution in [0.5, 0.6) is 0 Å². The quantitative estimate of drug-likeness (QED) is 0.562. The van der Waals surface area contributed by atoms with Crippen LogP contribution in [-0.2, 0) is 21.4 Å². The first-order valence-corrected chi connectivity index (χ1v) is 11.3. The summed E-state index contributed by atoms with van der Waals surface area (Å²) in [5.41, 5.74) is 1.74. The average Bonchev–Trinajstić information content (AvgIpc) is 2.75. The smallest absolute Gasteiger partial charge is 0.243 e. The maximum Gasteiger partial charge on any atom is 0.243 e. The summed E-state index contributed by atoms with van der Waals surface area (Å²) in [6, 6.07) is 24.4. The molecule has 7 heteroatoms. The molecule has 0 aliphatic carbocycles. The summed E-state index contributed by atoms with van der Waals surface area (Å²) in [6.45, 7) is 1.65. The summed E-state index contributed by atoms with van der Waals surface area (Å²) in [6.07, 6.45) is 0. The van der Waals surface area contributed by atoms with Crippen molar-refractivity contribution in [3.63, 3.8) is 0 Å². The molecule has 0 fully saturated rings. The molecular weight excluding hydrogens is 420 g/mol. The number of hydrogen-bond acceptors (Lipinski definition) is 3. The Morgan fingerprint density at radius 3 is 2.10 bits per heavy atom. The molecule has 0 spiro atoms. The van der Waals surface area contributed by atoms with Crippen LogP contribution in [0.2, 0.25) is 5.02 Å². The molecule has 0 aliphatic heterocycles. The highest BCUT2D eigenvalue weighted by Gasteiger charge is 2.27. The molecule has 1 N–H and O–H groups in total. The molecule has 0 radical (unpaired) electrons. The lowest BCUT2D eigenvalue weighted by atomic mass is 10.1. The number of hydrogen-bond donors (Lipinski definition) is 1. The van der Waals surface area contributed by atoms with Crippen LogP contribution in [-0.4, -0.2) is 25.2 Å². The van der Waals surface area contributed by atoms with Crippen molar-refractivity contribution < 1.29 is 13.2 Å². The van der Waals surface area contributed by atoms with Crippen molar-refractivity contribution >= 4 is 27.5 Å². The van der Waals surface area contributed by atoms with Gasteiger partial charge in [0.15, 0.2) is 0 Å². The second kappa shape index (κ2) is 9.89. The standard InChI is InChI=1S/C23H23ClN2O3S/c1-18(20-10-6-3-7-11-20)25-23(27)17-26(16-19-8-4-2-5-9-19)30(28,29)22-14-12-21(24)13-15-22/h2-15,18H,16-17H2,1H3,(H,25,27). The van der Waals surface area contributed by atoms with Gasteiger partial charge in [0.05, 0.1) is 17.5 Å². The molecular formula is C23H23ClN2O3S. The predicted octanol–water partition coefficient (Wildman–Crippen LogP) is 4.41. The van der Waals surface area contributed by atoms with Gasteiger partial charge in [0.2, 0.25) is 15.9 Å². The van der Waals surface area contributed by atoms with Crippen LogP contribution in [0, 0.1) is 0 Å². The monoisotopic (exact) mass is 442 g/mol. The molecule has 1 atom stereocenters. The Morgan fingerprint density at radius 2 is 1.50 bits per heavy atom. The van der Waals surface area contributed by atoms with E-state index < -0.39 is 10.0 Å². The maximum absolute atomic E-state index is 13.2. The van der Waals surface area contributed by atoms with Gasteiger partial charge in [-0.3, -0.25) is 4.79 Å². The lowest BCUT2D eigenvalue weighted by Crippen LogP contribution is -2.41. The minimum atomic E-state index is -3.90. The molecule has 0 heterocycles. The Balaban J connectivity index is 1.82. The van der Waals surface area contributed by atoms with E-state index in [1.54, 1.807) is 0 Å². The van der Waals surface area contributed by atoms with Crippen molar-refractivity contribution in [2.24, 2.45) is 0 Å². The van der Waals surface area contributed by atoms with Gasteiger partial charge in [-0.25, -0.2) is 8.42 Å². The molecule has 3 aromatic rings. The van der Waals surface area contributed by atoms with Gasteiger partial charge in [0.25, 0.3) is 0 Å². The molecule has 0 bridgehead atoms. The summed E-state index contributed by atoms with van der Waals surface area (Å²) in [4.78, 5) is 12.8. The number of rotatable bonds is 8. The number of carbonyl (C=O) groups is 1. The van der Waals surface area contributed by atoms with E-state index >= 15 is 0 Å². The Hall–Kier alpha value is -2.67. The summed E-state index contributed by atoms with van der Waals surface area (Å²) >= 11 is 5.90. The Bertz CT molecular complexity index is 1070. The van der Waals surface area contributed by atoms with E-state index in [2.05, 4.69) is 5.32 Å². The Morgan fingerprint density at radius 1 is 0.933 bits per heavy atom. The number of halogens is 1. The average molecular weight is 443 g/mol. The highest BCUT2D eigenvalue weighted by atomic mass is 35.5. The second-order valence-corrected chi connectivity index (χ2v) is 9.29. The van der Waals surface area contributed by atoms with Crippen LogP contribution >= 0.6 is 11.6 Å². The lowest BCUT2D eigenvalue weighted by molar-refractivity contribution is -0.122. The number of nitrogens with one attached hydrogen (secondary N) is 1. The third kappa shape index (κ3) is 5.69. The SMILES string of the molecule is CC(NC(=O)CN(Cc1ccccc1)S(=O)(=O)c1ccc(Cl)cc1)c1ccccc1. The molecule has 3 aromatic carbocycles. The Kier molecular flexibility index (Phi) is 7.26. The van der Waals surface area contributed by atoms with E-state index in [1.807, 2.05) is 67.6 Å². The van der Waals surface area contributed by atoms with Gasteiger partial charge in [-0.1, -0.05) is 72.3 Å². The predicted molar refractivity (Wildman–Crippen MR) is 118 cm³/mol. The van der Waals surface area contributed by atoms with E-state index in [4.69, 9.17) is 11.6 Å². The van der Waals surface area contributed by atoms with Crippen LogP contribution in [0.25, 0.3) is 0 Å². The Labute approximate surface area is 182 Å². The molecule has 156 valence electrons. The van der Waals surface area contributed by atoms with E-state index in [0.717, 1.165) is 11.1 Å². The van der Waals surface area contributed by atoms with E-state index in [9.17, 15) is 13.2 Å². The normalized spacial score (nSPS) is 12.5. The molecule has 1 amide bonds. The summed E-state index contributed by atoms with van der Waals surface area (Å²) < 4.78 is 27.7. The first-order valence-electron chi connectivity index (χ1n) is 9.50. The molecule has 0 saturated carbocycles.